The molecule has 6 heteroatoms. The molecule has 0 saturated carbocycles. The number of aromatic carboxylic acids is 1. The molecule has 0 aliphatic rings. The molecular formula is C8H6NNaO4. The molecule has 0 aromatic heterocycles. The predicted octanol–water partition coefficient (Wildman–Crippen LogP) is -2.53. The molecule has 0 heterocycles. The maximum Gasteiger partial charge on any atom is 1.00 e. The van der Waals surface area contributed by atoms with Crippen LogP contribution in [0.25, 0.3) is 0 Å². The van der Waals surface area contributed by atoms with E-state index in [1.54, 1.807) is 0 Å². The maximum absolute atomic E-state index is 10.5. The summed E-state index contributed by atoms with van der Waals surface area (Å²) in [6, 6.07) is 2.33. The van der Waals surface area contributed by atoms with Gasteiger partial charge in [0.2, 0.25) is 0 Å². The molecule has 1 rings (SSSR count). The van der Waals surface area contributed by atoms with E-state index < -0.39 is 17.3 Å². The Morgan fingerprint density at radius 2 is 2.07 bits per heavy atom. The summed E-state index contributed by atoms with van der Waals surface area (Å²) in [5.41, 5.74) is -0.302. The molecule has 0 aliphatic heterocycles. The third-order valence-corrected chi connectivity index (χ3v) is 1.72. The molecule has 0 radical (unpaired) electrons. The molecule has 0 atom stereocenters. The van der Waals surface area contributed by atoms with Crippen molar-refractivity contribution in [2.45, 2.75) is 6.92 Å². The number of rotatable bonds is 2. The van der Waals surface area contributed by atoms with Crippen molar-refractivity contribution in [3.8, 4) is 5.75 Å². The van der Waals surface area contributed by atoms with E-state index in [0.29, 0.717) is 0 Å². The number of carbonyl (C=O) groups excluding carboxylic acids is 1. The van der Waals surface area contributed by atoms with E-state index >= 15 is 0 Å². The number of aromatic hydroxyl groups is 1. The van der Waals surface area contributed by atoms with Crippen LogP contribution in [0.2, 0.25) is 0 Å². The molecule has 0 bridgehead atoms. The van der Waals surface area contributed by atoms with Crippen LogP contribution >= 0.6 is 0 Å². The van der Waals surface area contributed by atoms with Crippen molar-refractivity contribution in [1.29, 1.82) is 0 Å². The summed E-state index contributed by atoms with van der Waals surface area (Å²) >= 11 is 0. The first-order valence-electron chi connectivity index (χ1n) is 3.45. The van der Waals surface area contributed by atoms with Crippen LogP contribution < -0.4 is 34.7 Å². The van der Waals surface area contributed by atoms with Crippen molar-refractivity contribution in [2.24, 2.45) is 5.18 Å². The molecule has 1 N–H and O–H groups in total. The Morgan fingerprint density at radius 1 is 1.50 bits per heavy atom. The molecule has 0 saturated heterocycles. The van der Waals surface area contributed by atoms with Crippen LogP contribution in [0.3, 0.4) is 0 Å². The minimum Gasteiger partial charge on any atom is -0.545 e. The van der Waals surface area contributed by atoms with Crippen molar-refractivity contribution in [3.63, 3.8) is 0 Å². The Labute approximate surface area is 102 Å². The minimum atomic E-state index is -1.53. The van der Waals surface area contributed by atoms with Gasteiger partial charge < -0.3 is 15.0 Å². The summed E-state index contributed by atoms with van der Waals surface area (Å²) < 4.78 is 0. The fraction of sp³-hybridized carbons (Fsp3) is 0.125. The molecule has 0 unspecified atom stereocenters. The van der Waals surface area contributed by atoms with Crippen LogP contribution in [0.5, 0.6) is 5.75 Å². The number of benzene rings is 1. The SMILES string of the molecule is Cc1c(N=O)ccc(O)c1C(=O)[O-].[Na+]. The largest absolute Gasteiger partial charge is 1.00 e. The van der Waals surface area contributed by atoms with E-state index in [-0.39, 0.29) is 40.8 Å². The molecule has 1 aromatic carbocycles. The van der Waals surface area contributed by atoms with Crippen molar-refractivity contribution < 1.29 is 44.6 Å². The quantitative estimate of drug-likeness (QED) is 0.423. The summed E-state index contributed by atoms with van der Waals surface area (Å²) in [4.78, 5) is 20.7. The smallest absolute Gasteiger partial charge is 0.545 e. The van der Waals surface area contributed by atoms with Gasteiger partial charge in [0.05, 0.1) is 5.97 Å². The topological polar surface area (TPSA) is 89.8 Å². The first kappa shape index (κ1) is 13.1. The average molecular weight is 203 g/mol. The molecule has 0 amide bonds. The summed E-state index contributed by atoms with van der Waals surface area (Å²) in [6.07, 6.45) is 0. The molecule has 14 heavy (non-hydrogen) atoms. The van der Waals surface area contributed by atoms with Crippen LogP contribution in [0.15, 0.2) is 17.3 Å². The number of phenols is 1. The minimum absolute atomic E-state index is 0. The van der Waals surface area contributed by atoms with Gasteiger partial charge in [0, 0.05) is 5.56 Å². The second-order valence-corrected chi connectivity index (χ2v) is 2.48. The van der Waals surface area contributed by atoms with Gasteiger partial charge in [-0.2, -0.15) is 0 Å². The van der Waals surface area contributed by atoms with E-state index in [1.807, 2.05) is 0 Å². The second kappa shape index (κ2) is 5.09. The van der Waals surface area contributed by atoms with Gasteiger partial charge >= 0.3 is 29.6 Å². The number of carbonyl (C=O) groups is 1. The molecule has 0 fully saturated rings. The zero-order valence-corrected chi connectivity index (χ0v) is 9.77. The number of nitroso groups, excluding NO2 is 1. The summed E-state index contributed by atoms with van der Waals surface area (Å²) in [5, 5.41) is 22.2. The Balaban J connectivity index is 0.00000169. The molecule has 0 spiro atoms. The van der Waals surface area contributed by atoms with E-state index in [2.05, 4.69) is 5.18 Å². The van der Waals surface area contributed by atoms with E-state index in [4.69, 9.17) is 5.11 Å². The first-order valence-corrected chi connectivity index (χ1v) is 3.45. The summed E-state index contributed by atoms with van der Waals surface area (Å²) in [6.45, 7) is 1.38. The molecule has 5 nitrogen and oxygen atoms in total. The molecular weight excluding hydrogens is 197 g/mol. The van der Waals surface area contributed by atoms with Gasteiger partial charge in [0.25, 0.3) is 0 Å². The van der Waals surface area contributed by atoms with Gasteiger partial charge in [-0.15, -0.1) is 4.91 Å². The van der Waals surface area contributed by atoms with E-state index in [9.17, 15) is 14.8 Å². The van der Waals surface area contributed by atoms with Gasteiger partial charge in [0.15, 0.2) is 0 Å². The van der Waals surface area contributed by atoms with E-state index in [0.717, 1.165) is 6.07 Å². The van der Waals surface area contributed by atoms with Gasteiger partial charge in [0.1, 0.15) is 11.4 Å². The van der Waals surface area contributed by atoms with Crippen molar-refractivity contribution in [2.75, 3.05) is 0 Å². The van der Waals surface area contributed by atoms with Gasteiger partial charge in [-0.3, -0.25) is 0 Å². The maximum atomic E-state index is 10.5. The van der Waals surface area contributed by atoms with Crippen LogP contribution in [0.1, 0.15) is 15.9 Å². The standard InChI is InChI=1S/C8H7NO4.Na/c1-4-5(9-13)2-3-6(10)7(4)8(11)12;/h2-3,10H,1H3,(H,11,12);/q;+1/p-1. The third-order valence-electron chi connectivity index (χ3n) is 1.72. The Bertz CT molecular complexity index is 378. The Hall–Kier alpha value is -0.910. The van der Waals surface area contributed by atoms with E-state index in [1.165, 1.54) is 13.0 Å². The predicted molar refractivity (Wildman–Crippen MR) is 42.6 cm³/mol. The van der Waals surface area contributed by atoms with Crippen LogP contribution in [-0.2, 0) is 0 Å². The zero-order chi connectivity index (χ0) is 10.0. The molecule has 68 valence electrons. The zero-order valence-electron chi connectivity index (χ0n) is 7.77. The molecule has 0 aliphatic carbocycles. The van der Waals surface area contributed by atoms with Crippen molar-refractivity contribution in [1.82, 2.24) is 0 Å². The number of carboxylic acids is 1. The van der Waals surface area contributed by atoms with Crippen LogP contribution in [0.4, 0.5) is 5.69 Å². The fourth-order valence-electron chi connectivity index (χ4n) is 1.04. The number of hydrogen-bond donors (Lipinski definition) is 1. The second-order valence-electron chi connectivity index (χ2n) is 2.48. The average Bonchev–Trinajstić information content (AvgIpc) is 2.04. The number of carboxylic acid groups (broad SMARTS) is 1. The first-order chi connectivity index (χ1) is 6.07. The molecule has 1 aromatic rings. The van der Waals surface area contributed by atoms with Gasteiger partial charge in [-0.1, -0.05) is 0 Å². The summed E-state index contributed by atoms with van der Waals surface area (Å²) in [7, 11) is 0. The van der Waals surface area contributed by atoms with Gasteiger partial charge in [-0.25, -0.2) is 0 Å². The number of nitrogens with zero attached hydrogens (tertiary/aromatic N) is 1. The Kier molecular flexibility index (Phi) is 4.76. The van der Waals surface area contributed by atoms with Crippen LogP contribution in [0, 0.1) is 11.8 Å². The van der Waals surface area contributed by atoms with Crippen molar-refractivity contribution in [3.05, 3.63) is 28.2 Å². The summed E-state index contributed by atoms with van der Waals surface area (Å²) in [5.74, 6) is -1.95. The monoisotopic (exact) mass is 203 g/mol. The number of hydrogen-bond acceptors (Lipinski definition) is 5. The Morgan fingerprint density at radius 3 is 2.50 bits per heavy atom. The fourth-order valence-corrected chi connectivity index (χ4v) is 1.04. The van der Waals surface area contributed by atoms with Gasteiger partial charge in [-0.05, 0) is 29.8 Å². The third kappa shape index (κ3) is 2.31. The van der Waals surface area contributed by atoms with Crippen LogP contribution in [-0.4, -0.2) is 11.1 Å². The van der Waals surface area contributed by atoms with Crippen molar-refractivity contribution >= 4 is 11.7 Å². The normalized spacial score (nSPS) is 8.93.